The fourth-order valence-electron chi connectivity index (χ4n) is 1.30. The number of rotatable bonds is 5. The van der Waals surface area contributed by atoms with Crippen molar-refractivity contribution in [2.45, 2.75) is 26.4 Å². The van der Waals surface area contributed by atoms with Gasteiger partial charge in [0.05, 0.1) is 6.54 Å². The molecular formula is C12H13F2N3OS. The molecule has 4 nitrogen and oxygen atoms in total. The van der Waals surface area contributed by atoms with E-state index in [0.717, 1.165) is 11.1 Å². The first-order valence-electron chi connectivity index (χ1n) is 5.74. The van der Waals surface area contributed by atoms with E-state index in [4.69, 9.17) is 4.74 Å². The summed E-state index contributed by atoms with van der Waals surface area (Å²) in [4.78, 5) is 0. The molecule has 1 aromatic heterocycles. The average Bonchev–Trinajstić information content (AvgIpc) is 2.80. The standard InChI is InChI=1S/C12H13F2N3OS/c1-7(2)15-6-10-16-17-12(19-10)18-9-5-3-4-8(13)11(9)14/h3-5,7,15H,6H2,1-2H3. The molecule has 0 saturated heterocycles. The van der Waals surface area contributed by atoms with Crippen molar-refractivity contribution in [2.75, 3.05) is 0 Å². The molecule has 1 aromatic carbocycles. The molecule has 102 valence electrons. The molecule has 0 unspecified atom stereocenters. The number of nitrogens with one attached hydrogen (secondary N) is 1. The molecule has 1 heterocycles. The summed E-state index contributed by atoms with van der Waals surface area (Å²) in [6.45, 7) is 4.59. The van der Waals surface area contributed by atoms with Crippen LogP contribution in [0.25, 0.3) is 0 Å². The van der Waals surface area contributed by atoms with Crippen LogP contribution in [-0.4, -0.2) is 16.2 Å². The molecule has 0 radical (unpaired) electrons. The first-order chi connectivity index (χ1) is 9.06. The fraction of sp³-hybridized carbons (Fsp3) is 0.333. The molecule has 0 spiro atoms. The van der Waals surface area contributed by atoms with Crippen molar-refractivity contribution in [2.24, 2.45) is 0 Å². The highest BCUT2D eigenvalue weighted by molar-refractivity contribution is 7.13. The summed E-state index contributed by atoms with van der Waals surface area (Å²) in [5.74, 6) is -2.18. The van der Waals surface area contributed by atoms with Gasteiger partial charge < -0.3 is 10.1 Å². The van der Waals surface area contributed by atoms with Crippen LogP contribution in [0.2, 0.25) is 0 Å². The molecule has 1 N–H and O–H groups in total. The Kier molecular flexibility index (Phi) is 4.39. The summed E-state index contributed by atoms with van der Waals surface area (Å²) < 4.78 is 31.6. The van der Waals surface area contributed by atoms with Crippen molar-refractivity contribution in [3.8, 4) is 10.9 Å². The van der Waals surface area contributed by atoms with E-state index in [1.165, 1.54) is 23.5 Å². The Morgan fingerprint density at radius 2 is 2.11 bits per heavy atom. The SMILES string of the molecule is CC(C)NCc1nnc(Oc2cccc(F)c2F)s1. The van der Waals surface area contributed by atoms with Gasteiger partial charge in [-0.2, -0.15) is 4.39 Å². The number of benzene rings is 1. The Morgan fingerprint density at radius 3 is 2.84 bits per heavy atom. The Bertz CT molecular complexity index is 560. The van der Waals surface area contributed by atoms with Gasteiger partial charge in [-0.3, -0.25) is 0 Å². The van der Waals surface area contributed by atoms with Crippen LogP contribution in [0, 0.1) is 11.6 Å². The maximum absolute atomic E-state index is 13.4. The zero-order chi connectivity index (χ0) is 13.8. The quantitative estimate of drug-likeness (QED) is 0.917. The maximum Gasteiger partial charge on any atom is 0.299 e. The number of ether oxygens (including phenoxy) is 1. The van der Waals surface area contributed by atoms with Gasteiger partial charge in [0.2, 0.25) is 5.82 Å². The van der Waals surface area contributed by atoms with E-state index in [1.807, 2.05) is 13.8 Å². The fourth-order valence-corrected chi connectivity index (χ4v) is 1.95. The lowest BCUT2D eigenvalue weighted by Gasteiger charge is -2.04. The van der Waals surface area contributed by atoms with E-state index >= 15 is 0 Å². The van der Waals surface area contributed by atoms with Crippen molar-refractivity contribution in [3.63, 3.8) is 0 Å². The van der Waals surface area contributed by atoms with Crippen molar-refractivity contribution >= 4 is 11.3 Å². The van der Waals surface area contributed by atoms with Gasteiger partial charge in [-0.05, 0) is 12.1 Å². The molecule has 0 atom stereocenters. The second-order valence-corrected chi connectivity index (χ2v) is 5.18. The summed E-state index contributed by atoms with van der Waals surface area (Å²) in [5.41, 5.74) is 0. The molecule has 2 rings (SSSR count). The van der Waals surface area contributed by atoms with E-state index in [9.17, 15) is 8.78 Å². The lowest BCUT2D eigenvalue weighted by Crippen LogP contribution is -2.21. The van der Waals surface area contributed by atoms with Crippen LogP contribution in [0.4, 0.5) is 8.78 Å². The lowest BCUT2D eigenvalue weighted by molar-refractivity contribution is 0.411. The Balaban J connectivity index is 2.05. The Morgan fingerprint density at radius 1 is 1.32 bits per heavy atom. The van der Waals surface area contributed by atoms with Crippen LogP contribution < -0.4 is 10.1 Å². The molecule has 7 heteroatoms. The van der Waals surface area contributed by atoms with Gasteiger partial charge in [-0.15, -0.1) is 5.10 Å². The smallest absolute Gasteiger partial charge is 0.299 e. The van der Waals surface area contributed by atoms with Crippen molar-refractivity contribution < 1.29 is 13.5 Å². The molecule has 0 fully saturated rings. The highest BCUT2D eigenvalue weighted by Crippen LogP contribution is 2.28. The van der Waals surface area contributed by atoms with Crippen LogP contribution in [-0.2, 0) is 6.54 Å². The van der Waals surface area contributed by atoms with Crippen LogP contribution in [0.3, 0.4) is 0 Å². The van der Waals surface area contributed by atoms with Gasteiger partial charge in [0, 0.05) is 6.04 Å². The summed E-state index contributed by atoms with van der Waals surface area (Å²) >= 11 is 1.19. The second-order valence-electron chi connectivity index (χ2n) is 4.15. The van der Waals surface area contributed by atoms with Gasteiger partial charge in [0.15, 0.2) is 11.6 Å². The van der Waals surface area contributed by atoms with Gasteiger partial charge in [-0.25, -0.2) is 4.39 Å². The van der Waals surface area contributed by atoms with E-state index in [1.54, 1.807) is 0 Å². The Hall–Kier alpha value is -1.60. The predicted octanol–water partition coefficient (Wildman–Crippen LogP) is 3.11. The molecule has 0 aliphatic heterocycles. The highest BCUT2D eigenvalue weighted by Gasteiger charge is 2.12. The average molecular weight is 285 g/mol. The van der Waals surface area contributed by atoms with E-state index in [2.05, 4.69) is 15.5 Å². The highest BCUT2D eigenvalue weighted by atomic mass is 32.1. The number of halogens is 2. The third-order valence-electron chi connectivity index (χ3n) is 2.22. The zero-order valence-electron chi connectivity index (χ0n) is 10.5. The summed E-state index contributed by atoms with van der Waals surface area (Å²) in [6, 6.07) is 4.07. The zero-order valence-corrected chi connectivity index (χ0v) is 11.3. The van der Waals surface area contributed by atoms with Gasteiger partial charge in [-0.1, -0.05) is 36.3 Å². The first kappa shape index (κ1) is 13.8. The summed E-state index contributed by atoms with van der Waals surface area (Å²) in [5, 5.41) is 11.8. The number of hydrogen-bond donors (Lipinski definition) is 1. The maximum atomic E-state index is 13.4. The van der Waals surface area contributed by atoms with E-state index < -0.39 is 11.6 Å². The molecular weight excluding hydrogens is 272 g/mol. The van der Waals surface area contributed by atoms with Crippen molar-refractivity contribution in [3.05, 3.63) is 34.8 Å². The van der Waals surface area contributed by atoms with Gasteiger partial charge in [0.25, 0.3) is 5.19 Å². The normalized spacial score (nSPS) is 11.0. The third-order valence-corrected chi connectivity index (χ3v) is 3.02. The Labute approximate surface area is 113 Å². The minimum Gasteiger partial charge on any atom is -0.427 e. The predicted molar refractivity (Wildman–Crippen MR) is 68.3 cm³/mol. The summed E-state index contributed by atoms with van der Waals surface area (Å²) in [7, 11) is 0. The summed E-state index contributed by atoms with van der Waals surface area (Å²) in [6.07, 6.45) is 0. The number of hydrogen-bond acceptors (Lipinski definition) is 5. The first-order valence-corrected chi connectivity index (χ1v) is 6.55. The van der Waals surface area contributed by atoms with E-state index in [0.29, 0.717) is 12.6 Å². The molecule has 0 amide bonds. The van der Waals surface area contributed by atoms with Crippen molar-refractivity contribution in [1.29, 1.82) is 0 Å². The molecule has 0 bridgehead atoms. The van der Waals surface area contributed by atoms with Crippen LogP contribution in [0.5, 0.6) is 10.9 Å². The second kappa shape index (κ2) is 6.03. The third kappa shape index (κ3) is 3.68. The van der Waals surface area contributed by atoms with Crippen LogP contribution >= 0.6 is 11.3 Å². The molecule has 0 saturated carbocycles. The lowest BCUT2D eigenvalue weighted by atomic mass is 10.3. The van der Waals surface area contributed by atoms with Gasteiger partial charge >= 0.3 is 0 Å². The molecule has 0 aliphatic rings. The minimum atomic E-state index is -1.03. The van der Waals surface area contributed by atoms with Crippen molar-refractivity contribution in [1.82, 2.24) is 15.5 Å². The topological polar surface area (TPSA) is 47.0 Å². The molecule has 2 aromatic rings. The largest absolute Gasteiger partial charge is 0.427 e. The molecule has 0 aliphatic carbocycles. The monoisotopic (exact) mass is 285 g/mol. The number of nitrogens with zero attached hydrogens (tertiary/aromatic N) is 2. The minimum absolute atomic E-state index is 0.185. The number of aromatic nitrogens is 2. The van der Waals surface area contributed by atoms with Gasteiger partial charge in [0.1, 0.15) is 5.01 Å². The van der Waals surface area contributed by atoms with E-state index in [-0.39, 0.29) is 10.9 Å². The van der Waals surface area contributed by atoms with Crippen LogP contribution in [0.15, 0.2) is 18.2 Å². The van der Waals surface area contributed by atoms with Crippen LogP contribution in [0.1, 0.15) is 18.9 Å². The molecule has 19 heavy (non-hydrogen) atoms.